The number of rotatable bonds is 4. The average Bonchev–Trinajstić information content (AvgIpc) is 2.72. The van der Waals surface area contributed by atoms with Gasteiger partial charge in [0.2, 0.25) is 0 Å². The molecule has 98 valence electrons. The molecular formula is C13H16ClNO3. The van der Waals surface area contributed by atoms with Gasteiger partial charge < -0.3 is 14.8 Å². The summed E-state index contributed by atoms with van der Waals surface area (Å²) < 4.78 is 10.6. The Hall–Kier alpha value is -1.26. The molecule has 5 heteroatoms. The number of nitrogens with one attached hydrogen (secondary N) is 1. The number of halogens is 1. The summed E-state index contributed by atoms with van der Waals surface area (Å²) in [5.74, 6) is 0.616. The summed E-state index contributed by atoms with van der Waals surface area (Å²) in [5, 5.41) is 3.51. The van der Waals surface area contributed by atoms with E-state index in [0.29, 0.717) is 18.1 Å². The summed E-state index contributed by atoms with van der Waals surface area (Å²) in [6, 6.07) is 5.36. The second kappa shape index (κ2) is 5.59. The quantitative estimate of drug-likeness (QED) is 0.907. The topological polar surface area (TPSA) is 47.6 Å². The third-order valence-corrected chi connectivity index (χ3v) is 3.03. The van der Waals surface area contributed by atoms with Gasteiger partial charge in [0.1, 0.15) is 5.75 Å². The first kappa shape index (κ1) is 13.2. The van der Waals surface area contributed by atoms with E-state index in [-0.39, 0.29) is 11.9 Å². The maximum atomic E-state index is 12.0. The highest BCUT2D eigenvalue weighted by Gasteiger charge is 2.29. The largest absolute Gasteiger partial charge is 0.480 e. The van der Waals surface area contributed by atoms with E-state index in [4.69, 9.17) is 21.1 Å². The van der Waals surface area contributed by atoms with E-state index in [9.17, 15) is 4.79 Å². The molecule has 0 aromatic heterocycles. The molecule has 1 aliphatic heterocycles. The van der Waals surface area contributed by atoms with Crippen molar-refractivity contribution >= 4 is 17.5 Å². The van der Waals surface area contributed by atoms with E-state index in [2.05, 4.69) is 5.32 Å². The fourth-order valence-corrected chi connectivity index (χ4v) is 2.19. The Balaban J connectivity index is 1.96. The van der Waals surface area contributed by atoms with Gasteiger partial charge in [0.15, 0.2) is 6.10 Å². The number of hydrogen-bond donors (Lipinski definition) is 1. The molecule has 2 atom stereocenters. The highest BCUT2D eigenvalue weighted by molar-refractivity contribution is 6.30. The second-order valence-electron chi connectivity index (χ2n) is 4.43. The van der Waals surface area contributed by atoms with Gasteiger partial charge in [-0.25, -0.2) is 0 Å². The molecule has 4 nitrogen and oxygen atoms in total. The monoisotopic (exact) mass is 269 g/mol. The lowest BCUT2D eigenvalue weighted by molar-refractivity contribution is -0.128. The van der Waals surface area contributed by atoms with Crippen LogP contribution in [0.2, 0.25) is 5.02 Å². The highest BCUT2D eigenvalue weighted by Crippen LogP contribution is 2.31. The zero-order chi connectivity index (χ0) is 13.1. The fraction of sp³-hybridized carbons (Fsp3) is 0.462. The van der Waals surface area contributed by atoms with Crippen molar-refractivity contribution in [2.24, 2.45) is 0 Å². The van der Waals surface area contributed by atoms with Gasteiger partial charge in [0, 0.05) is 24.6 Å². The molecule has 1 aromatic carbocycles. The lowest BCUT2D eigenvalue weighted by Crippen LogP contribution is -2.43. The van der Waals surface area contributed by atoms with Gasteiger partial charge in [-0.2, -0.15) is 0 Å². The molecule has 18 heavy (non-hydrogen) atoms. The molecule has 2 rings (SSSR count). The van der Waals surface area contributed by atoms with Crippen LogP contribution < -0.4 is 10.1 Å². The average molecular weight is 270 g/mol. The lowest BCUT2D eigenvalue weighted by atomic mass is 10.1. The third-order valence-electron chi connectivity index (χ3n) is 2.79. The van der Waals surface area contributed by atoms with Crippen LogP contribution >= 0.6 is 11.6 Å². The van der Waals surface area contributed by atoms with Crippen LogP contribution in [0.1, 0.15) is 12.5 Å². The number of benzene rings is 1. The first-order valence-corrected chi connectivity index (χ1v) is 6.22. The van der Waals surface area contributed by atoms with Crippen LogP contribution in [0.15, 0.2) is 18.2 Å². The van der Waals surface area contributed by atoms with Gasteiger partial charge in [-0.1, -0.05) is 11.6 Å². The van der Waals surface area contributed by atoms with Crippen LogP contribution in [0.25, 0.3) is 0 Å². The Morgan fingerprint density at radius 3 is 3.17 bits per heavy atom. The minimum Gasteiger partial charge on any atom is -0.480 e. The van der Waals surface area contributed by atoms with Gasteiger partial charge in [0.05, 0.1) is 6.61 Å². The molecule has 1 aliphatic rings. The Kier molecular flexibility index (Phi) is 4.09. The first-order valence-electron chi connectivity index (χ1n) is 5.84. The molecule has 0 spiro atoms. The number of hydrogen-bond acceptors (Lipinski definition) is 3. The number of carbonyl (C=O) groups is 1. The van der Waals surface area contributed by atoms with Gasteiger partial charge in [-0.05, 0) is 30.7 Å². The summed E-state index contributed by atoms with van der Waals surface area (Å²) in [6.45, 7) is 2.37. The van der Waals surface area contributed by atoms with E-state index in [1.54, 1.807) is 19.2 Å². The Morgan fingerprint density at radius 2 is 2.44 bits per heavy atom. The number of fused-ring (bicyclic) bond motifs is 1. The Morgan fingerprint density at radius 1 is 1.67 bits per heavy atom. The summed E-state index contributed by atoms with van der Waals surface area (Å²) in [6.07, 6.45) is 0.0827. The molecule has 1 amide bonds. The smallest absolute Gasteiger partial charge is 0.261 e. The first-order chi connectivity index (χ1) is 8.60. The molecule has 1 heterocycles. The third kappa shape index (κ3) is 2.94. The van der Waals surface area contributed by atoms with E-state index >= 15 is 0 Å². The van der Waals surface area contributed by atoms with Crippen LogP contribution in [0.4, 0.5) is 0 Å². The van der Waals surface area contributed by atoms with Crippen LogP contribution in [0, 0.1) is 0 Å². The van der Waals surface area contributed by atoms with E-state index < -0.39 is 6.10 Å². The van der Waals surface area contributed by atoms with Crippen LogP contribution in [-0.4, -0.2) is 31.8 Å². The SMILES string of the molecule is COCC(C)NC(=O)C1Cc2cc(Cl)ccc2O1. The summed E-state index contributed by atoms with van der Waals surface area (Å²) in [5.41, 5.74) is 0.974. The standard InChI is InChI=1S/C13H16ClNO3/c1-8(7-17-2)15-13(16)12-6-9-5-10(14)3-4-11(9)18-12/h3-5,8,12H,6-7H2,1-2H3,(H,15,16). The number of amides is 1. The minimum atomic E-state index is -0.474. The van der Waals surface area contributed by atoms with Crippen molar-refractivity contribution in [3.63, 3.8) is 0 Å². The van der Waals surface area contributed by atoms with Crippen molar-refractivity contribution in [2.75, 3.05) is 13.7 Å². The van der Waals surface area contributed by atoms with E-state index in [1.807, 2.05) is 13.0 Å². The summed E-state index contributed by atoms with van der Waals surface area (Å²) in [4.78, 5) is 12.0. The van der Waals surface area contributed by atoms with Crippen molar-refractivity contribution in [3.8, 4) is 5.75 Å². The van der Waals surface area contributed by atoms with Crippen molar-refractivity contribution in [2.45, 2.75) is 25.5 Å². The number of methoxy groups -OCH3 is 1. The molecule has 2 unspecified atom stereocenters. The zero-order valence-electron chi connectivity index (χ0n) is 10.4. The van der Waals surface area contributed by atoms with Crippen LogP contribution in [-0.2, 0) is 16.0 Å². The second-order valence-corrected chi connectivity index (χ2v) is 4.86. The van der Waals surface area contributed by atoms with Crippen LogP contribution in [0.3, 0.4) is 0 Å². The minimum absolute atomic E-state index is 0.0293. The normalized spacial score (nSPS) is 18.9. The van der Waals surface area contributed by atoms with E-state index in [1.165, 1.54) is 0 Å². The van der Waals surface area contributed by atoms with Gasteiger partial charge in [0.25, 0.3) is 5.91 Å². The van der Waals surface area contributed by atoms with Gasteiger partial charge in [-0.15, -0.1) is 0 Å². The molecule has 0 saturated heterocycles. The molecule has 0 aliphatic carbocycles. The maximum Gasteiger partial charge on any atom is 0.261 e. The number of carbonyl (C=O) groups excluding carboxylic acids is 1. The summed E-state index contributed by atoms with van der Waals surface area (Å²) >= 11 is 5.90. The number of ether oxygens (including phenoxy) is 2. The lowest BCUT2D eigenvalue weighted by Gasteiger charge is -2.16. The van der Waals surface area contributed by atoms with Crippen LogP contribution in [0.5, 0.6) is 5.75 Å². The molecule has 1 N–H and O–H groups in total. The zero-order valence-corrected chi connectivity index (χ0v) is 11.2. The highest BCUT2D eigenvalue weighted by atomic mass is 35.5. The van der Waals surface area contributed by atoms with Gasteiger partial charge in [-0.3, -0.25) is 4.79 Å². The Labute approximate surface area is 111 Å². The molecular weight excluding hydrogens is 254 g/mol. The fourth-order valence-electron chi connectivity index (χ4n) is 1.99. The summed E-state index contributed by atoms with van der Waals surface area (Å²) in [7, 11) is 1.60. The predicted molar refractivity (Wildman–Crippen MR) is 69.1 cm³/mol. The predicted octanol–water partition coefficient (Wildman–Crippen LogP) is 1.79. The van der Waals surface area contributed by atoms with E-state index in [0.717, 1.165) is 11.3 Å². The van der Waals surface area contributed by atoms with Crippen molar-refractivity contribution in [1.82, 2.24) is 5.32 Å². The van der Waals surface area contributed by atoms with Crippen molar-refractivity contribution in [3.05, 3.63) is 28.8 Å². The van der Waals surface area contributed by atoms with Crippen molar-refractivity contribution in [1.29, 1.82) is 0 Å². The molecule has 0 fully saturated rings. The molecule has 1 aromatic rings. The molecule has 0 radical (unpaired) electrons. The van der Waals surface area contributed by atoms with Crippen molar-refractivity contribution < 1.29 is 14.3 Å². The Bertz CT molecular complexity index is 450. The molecule has 0 bridgehead atoms. The van der Waals surface area contributed by atoms with Gasteiger partial charge >= 0.3 is 0 Å². The maximum absolute atomic E-state index is 12.0. The molecule has 0 saturated carbocycles.